The predicted molar refractivity (Wildman–Crippen MR) is 102 cm³/mol. The molecule has 1 N–H and O–H groups in total. The lowest BCUT2D eigenvalue weighted by atomic mass is 10.1. The number of nitrogens with one attached hydrogen (secondary N) is 1. The van der Waals surface area contributed by atoms with E-state index in [0.29, 0.717) is 12.1 Å². The molecule has 27 heavy (non-hydrogen) atoms. The first-order valence-electron chi connectivity index (χ1n) is 9.13. The van der Waals surface area contributed by atoms with Crippen molar-refractivity contribution in [2.45, 2.75) is 32.7 Å². The van der Waals surface area contributed by atoms with Gasteiger partial charge < -0.3 is 19.1 Å². The van der Waals surface area contributed by atoms with Crippen LogP contribution in [0, 0.1) is 0 Å². The van der Waals surface area contributed by atoms with E-state index in [9.17, 15) is 9.59 Å². The van der Waals surface area contributed by atoms with E-state index in [0.717, 1.165) is 41.6 Å². The summed E-state index contributed by atoms with van der Waals surface area (Å²) in [6.45, 7) is 2.51. The molecule has 6 nitrogen and oxygen atoms in total. The summed E-state index contributed by atoms with van der Waals surface area (Å²) >= 11 is 0. The van der Waals surface area contributed by atoms with Gasteiger partial charge in [-0.2, -0.15) is 0 Å². The second kappa shape index (κ2) is 8.58. The fourth-order valence-electron chi connectivity index (χ4n) is 2.97. The summed E-state index contributed by atoms with van der Waals surface area (Å²) in [6, 6.07) is 9.43. The summed E-state index contributed by atoms with van der Waals surface area (Å²) < 4.78 is 10.9. The van der Waals surface area contributed by atoms with Gasteiger partial charge in [-0.25, -0.2) is 0 Å². The molecular weight excluding hydrogens is 344 g/mol. The number of fused-ring (bicyclic) bond motifs is 1. The standard InChI is InChI=1S/C21H24N2O4/c1-3-4-8-19-17(16-7-5-6-9-18(16)27-19)13-23(2)20(24)12-22-21(25)15-10-11-26-14-15/h5-7,9-11,14H,3-4,8,12-13H2,1-2H3,(H,22,25). The largest absolute Gasteiger partial charge is 0.472 e. The Kier molecular flexibility index (Phi) is 5.96. The lowest BCUT2D eigenvalue weighted by Gasteiger charge is -2.18. The van der Waals surface area contributed by atoms with E-state index < -0.39 is 0 Å². The molecule has 6 heteroatoms. The molecular formula is C21H24N2O4. The third kappa shape index (κ3) is 4.39. The Morgan fingerprint density at radius 3 is 2.74 bits per heavy atom. The maximum Gasteiger partial charge on any atom is 0.254 e. The fraction of sp³-hybridized carbons (Fsp3) is 0.333. The highest BCUT2D eigenvalue weighted by molar-refractivity contribution is 5.96. The van der Waals surface area contributed by atoms with Crippen molar-refractivity contribution in [3.8, 4) is 0 Å². The van der Waals surface area contributed by atoms with Crippen molar-refractivity contribution in [3.63, 3.8) is 0 Å². The molecule has 0 saturated heterocycles. The molecule has 3 rings (SSSR count). The number of furan rings is 2. The van der Waals surface area contributed by atoms with E-state index in [-0.39, 0.29) is 18.4 Å². The number of aryl methyl sites for hydroxylation is 1. The summed E-state index contributed by atoms with van der Waals surface area (Å²) in [7, 11) is 1.73. The molecule has 0 spiro atoms. The van der Waals surface area contributed by atoms with E-state index in [4.69, 9.17) is 8.83 Å². The van der Waals surface area contributed by atoms with E-state index in [2.05, 4.69) is 12.2 Å². The molecule has 0 aliphatic carbocycles. The highest BCUT2D eigenvalue weighted by Gasteiger charge is 2.18. The van der Waals surface area contributed by atoms with Crippen LogP contribution in [0.5, 0.6) is 0 Å². The summed E-state index contributed by atoms with van der Waals surface area (Å²) in [5, 5.41) is 3.65. The van der Waals surface area contributed by atoms with Crippen LogP contribution < -0.4 is 5.32 Å². The maximum atomic E-state index is 12.5. The number of nitrogens with zero attached hydrogens (tertiary/aromatic N) is 1. The van der Waals surface area contributed by atoms with Crippen LogP contribution in [0.25, 0.3) is 11.0 Å². The number of benzene rings is 1. The SMILES string of the molecule is CCCCc1oc2ccccc2c1CN(C)C(=O)CNC(=O)c1ccoc1. The Morgan fingerprint density at radius 2 is 2.00 bits per heavy atom. The average molecular weight is 368 g/mol. The number of hydrogen-bond donors (Lipinski definition) is 1. The first-order chi connectivity index (χ1) is 13.1. The number of unbranched alkanes of at least 4 members (excludes halogenated alkanes) is 1. The van der Waals surface area contributed by atoms with Gasteiger partial charge >= 0.3 is 0 Å². The normalized spacial score (nSPS) is 10.9. The molecule has 2 heterocycles. The summed E-state index contributed by atoms with van der Waals surface area (Å²) in [5.41, 5.74) is 2.27. The fourth-order valence-corrected chi connectivity index (χ4v) is 2.97. The Bertz CT molecular complexity index is 912. The van der Waals surface area contributed by atoms with Crippen molar-refractivity contribution in [1.29, 1.82) is 0 Å². The molecule has 3 aromatic rings. The number of amides is 2. The van der Waals surface area contributed by atoms with Crippen LogP contribution in [0.4, 0.5) is 0 Å². The van der Waals surface area contributed by atoms with Crippen molar-refractivity contribution in [2.24, 2.45) is 0 Å². The Balaban J connectivity index is 1.68. The molecule has 0 radical (unpaired) electrons. The van der Waals surface area contributed by atoms with Crippen LogP contribution in [-0.4, -0.2) is 30.3 Å². The number of carbonyl (C=O) groups excluding carboxylic acids is 2. The number of rotatable bonds is 8. The van der Waals surface area contributed by atoms with Gasteiger partial charge in [0.15, 0.2) is 0 Å². The van der Waals surface area contributed by atoms with Crippen LogP contribution in [0.2, 0.25) is 0 Å². The zero-order valence-electron chi connectivity index (χ0n) is 15.7. The minimum Gasteiger partial charge on any atom is -0.472 e. The molecule has 0 saturated carbocycles. The lowest BCUT2D eigenvalue weighted by Crippen LogP contribution is -2.37. The van der Waals surface area contributed by atoms with E-state index >= 15 is 0 Å². The highest BCUT2D eigenvalue weighted by Crippen LogP contribution is 2.28. The molecule has 142 valence electrons. The van der Waals surface area contributed by atoms with Crippen LogP contribution in [0.1, 0.15) is 41.4 Å². The van der Waals surface area contributed by atoms with Crippen molar-refractivity contribution < 1.29 is 18.4 Å². The Hall–Kier alpha value is -3.02. The summed E-state index contributed by atoms with van der Waals surface area (Å²) in [4.78, 5) is 26.0. The van der Waals surface area contributed by atoms with Crippen LogP contribution in [0.15, 0.2) is 51.7 Å². The van der Waals surface area contributed by atoms with Gasteiger partial charge in [-0.3, -0.25) is 9.59 Å². The zero-order valence-corrected chi connectivity index (χ0v) is 15.7. The Labute approximate surface area is 158 Å². The first kappa shape index (κ1) is 18.8. The maximum absolute atomic E-state index is 12.5. The number of para-hydroxylation sites is 1. The highest BCUT2D eigenvalue weighted by atomic mass is 16.3. The molecule has 0 atom stereocenters. The summed E-state index contributed by atoms with van der Waals surface area (Å²) in [5.74, 6) is 0.432. The first-order valence-corrected chi connectivity index (χ1v) is 9.13. The molecule has 1 aromatic carbocycles. The molecule has 0 aliphatic rings. The van der Waals surface area contributed by atoms with E-state index in [1.807, 2.05) is 24.3 Å². The second-order valence-corrected chi connectivity index (χ2v) is 6.55. The van der Waals surface area contributed by atoms with Crippen LogP contribution in [-0.2, 0) is 17.8 Å². The van der Waals surface area contributed by atoms with Crippen LogP contribution >= 0.6 is 0 Å². The van der Waals surface area contributed by atoms with Crippen molar-refractivity contribution in [2.75, 3.05) is 13.6 Å². The van der Waals surface area contributed by atoms with Gasteiger partial charge in [0.05, 0.1) is 18.4 Å². The van der Waals surface area contributed by atoms with Crippen molar-refractivity contribution >= 4 is 22.8 Å². The van der Waals surface area contributed by atoms with Gasteiger partial charge in [0, 0.05) is 31.0 Å². The number of carbonyl (C=O) groups is 2. The van der Waals surface area contributed by atoms with Crippen molar-refractivity contribution in [3.05, 3.63) is 59.7 Å². The van der Waals surface area contributed by atoms with Crippen LogP contribution in [0.3, 0.4) is 0 Å². The van der Waals surface area contributed by atoms with Gasteiger partial charge in [0.2, 0.25) is 5.91 Å². The lowest BCUT2D eigenvalue weighted by molar-refractivity contribution is -0.129. The van der Waals surface area contributed by atoms with E-state index in [1.54, 1.807) is 18.0 Å². The quantitative estimate of drug-likeness (QED) is 0.657. The molecule has 2 amide bonds. The molecule has 0 unspecified atom stereocenters. The van der Waals surface area contributed by atoms with Gasteiger partial charge in [0.1, 0.15) is 17.6 Å². The molecule has 0 fully saturated rings. The molecule has 0 bridgehead atoms. The van der Waals surface area contributed by atoms with Gasteiger partial charge in [-0.05, 0) is 18.6 Å². The predicted octanol–water partition coefficient (Wildman–Crippen LogP) is 3.76. The van der Waals surface area contributed by atoms with Gasteiger partial charge in [-0.1, -0.05) is 31.5 Å². The third-order valence-corrected chi connectivity index (χ3v) is 4.54. The topological polar surface area (TPSA) is 75.7 Å². The molecule has 0 aliphatic heterocycles. The third-order valence-electron chi connectivity index (χ3n) is 4.54. The minimum absolute atomic E-state index is 0.0689. The Morgan fingerprint density at radius 1 is 1.19 bits per heavy atom. The average Bonchev–Trinajstić information content (AvgIpc) is 3.33. The monoisotopic (exact) mass is 368 g/mol. The summed E-state index contributed by atoms with van der Waals surface area (Å²) in [6.07, 6.45) is 5.72. The van der Waals surface area contributed by atoms with Crippen molar-refractivity contribution in [1.82, 2.24) is 10.2 Å². The van der Waals surface area contributed by atoms with Gasteiger partial charge in [0.25, 0.3) is 5.91 Å². The van der Waals surface area contributed by atoms with Gasteiger partial charge in [-0.15, -0.1) is 0 Å². The number of likely N-dealkylation sites (N-methyl/N-ethyl adjacent to an activating group) is 1. The smallest absolute Gasteiger partial charge is 0.254 e. The number of hydrogen-bond acceptors (Lipinski definition) is 4. The minimum atomic E-state index is -0.331. The second-order valence-electron chi connectivity index (χ2n) is 6.55. The van der Waals surface area contributed by atoms with E-state index in [1.165, 1.54) is 12.5 Å². The zero-order chi connectivity index (χ0) is 19.2. The molecule has 2 aromatic heterocycles.